The second-order valence-electron chi connectivity index (χ2n) is 14.0. The molecule has 1 amide bonds. The minimum atomic E-state index is -3.61. The number of benzene rings is 1. The molecule has 6 rings (SSSR count). The number of pyridine rings is 2. The van der Waals surface area contributed by atoms with Gasteiger partial charge in [0.05, 0.1) is 15.7 Å². The fourth-order valence-corrected chi connectivity index (χ4v) is 10.9. The van der Waals surface area contributed by atoms with E-state index >= 15 is 0 Å². The third-order valence-electron chi connectivity index (χ3n) is 10.3. The zero-order chi connectivity index (χ0) is 30.7. The fraction of sp³-hybridized carbons (Fsp3) is 0.545. The molecule has 2 unspecified atom stereocenters. The summed E-state index contributed by atoms with van der Waals surface area (Å²) in [5.74, 6) is 0.545. The summed E-state index contributed by atoms with van der Waals surface area (Å²) < 4.78 is 30.0. The van der Waals surface area contributed by atoms with E-state index in [9.17, 15) is 23.1 Å². The Labute approximate surface area is 253 Å². The Morgan fingerprint density at radius 1 is 1.07 bits per heavy atom. The molecule has 2 N–H and O–H groups in total. The van der Waals surface area contributed by atoms with Gasteiger partial charge in [0.1, 0.15) is 5.82 Å². The van der Waals surface area contributed by atoms with Crippen LogP contribution in [-0.2, 0) is 9.84 Å². The summed E-state index contributed by atoms with van der Waals surface area (Å²) in [4.78, 5) is 30.6. The minimum absolute atomic E-state index is 0.000985. The van der Waals surface area contributed by atoms with Crippen LogP contribution in [0.1, 0.15) is 77.3 Å². The molecule has 230 valence electrons. The van der Waals surface area contributed by atoms with Gasteiger partial charge in [0.2, 0.25) is 0 Å². The number of aryl methyl sites for hydroxylation is 1. The highest BCUT2D eigenvalue weighted by atomic mass is 32.2. The zero-order valence-electron chi connectivity index (χ0n) is 25.5. The van der Waals surface area contributed by atoms with E-state index in [0.717, 1.165) is 47.8 Å². The molecule has 2 atom stereocenters. The van der Waals surface area contributed by atoms with E-state index in [1.165, 1.54) is 4.90 Å². The quantitative estimate of drug-likeness (QED) is 0.339. The highest BCUT2D eigenvalue weighted by Gasteiger charge is 2.62. The molecule has 10 heteroatoms. The highest BCUT2D eigenvalue weighted by Crippen LogP contribution is 2.62. The van der Waals surface area contributed by atoms with Crippen LogP contribution in [0, 0.1) is 23.7 Å². The fourth-order valence-electron chi connectivity index (χ4n) is 8.33. The summed E-state index contributed by atoms with van der Waals surface area (Å²) in [6.07, 6.45) is 7.07. The molecule has 43 heavy (non-hydrogen) atoms. The predicted octanol–water partition coefficient (Wildman–Crippen LogP) is 6.53. The SMILES string of the molecule is Cc1cc(S(=O)(=O)C2CC3(CCN(C(=O)O)CC3)C2C(C)(C)C)ccc1Nc1cc2c(ccc(=O)n2C2CCCC2)cn1. The molecule has 2 aromatic heterocycles. The third-order valence-corrected chi connectivity index (χ3v) is 12.4. The molecule has 0 radical (unpaired) electrons. The first kappa shape index (κ1) is 29.7. The minimum Gasteiger partial charge on any atom is -0.465 e. The molecule has 3 fully saturated rings. The summed E-state index contributed by atoms with van der Waals surface area (Å²) in [5.41, 5.74) is 2.02. The van der Waals surface area contributed by atoms with Crippen LogP contribution in [0.15, 0.2) is 52.3 Å². The van der Waals surface area contributed by atoms with E-state index in [0.29, 0.717) is 43.1 Å². The average molecular weight is 607 g/mol. The summed E-state index contributed by atoms with van der Waals surface area (Å²) in [5, 5.41) is 13.2. The van der Waals surface area contributed by atoms with Crippen molar-refractivity contribution in [1.29, 1.82) is 0 Å². The molecule has 1 spiro atoms. The van der Waals surface area contributed by atoms with Gasteiger partial charge in [-0.25, -0.2) is 18.2 Å². The van der Waals surface area contributed by atoms with Gasteiger partial charge in [-0.15, -0.1) is 0 Å². The van der Waals surface area contributed by atoms with Crippen molar-refractivity contribution in [2.75, 3.05) is 18.4 Å². The smallest absolute Gasteiger partial charge is 0.407 e. The van der Waals surface area contributed by atoms with Crippen LogP contribution in [0.2, 0.25) is 0 Å². The van der Waals surface area contributed by atoms with Gasteiger partial charge in [-0.3, -0.25) is 4.79 Å². The first-order chi connectivity index (χ1) is 20.3. The Bertz CT molecular complexity index is 1730. The lowest BCUT2D eigenvalue weighted by molar-refractivity contribution is -0.0789. The number of anilines is 2. The van der Waals surface area contributed by atoms with Crippen molar-refractivity contribution in [1.82, 2.24) is 14.5 Å². The summed E-state index contributed by atoms with van der Waals surface area (Å²) in [7, 11) is -3.61. The van der Waals surface area contributed by atoms with Crippen LogP contribution >= 0.6 is 0 Å². The maximum atomic E-state index is 14.1. The van der Waals surface area contributed by atoms with Crippen LogP contribution in [0.25, 0.3) is 10.9 Å². The van der Waals surface area contributed by atoms with E-state index in [2.05, 4.69) is 31.1 Å². The number of rotatable bonds is 5. The van der Waals surface area contributed by atoms with Crippen LogP contribution in [0.3, 0.4) is 0 Å². The lowest BCUT2D eigenvalue weighted by Gasteiger charge is -2.62. The molecule has 1 aromatic carbocycles. The van der Waals surface area contributed by atoms with Crippen molar-refractivity contribution in [3.63, 3.8) is 0 Å². The van der Waals surface area contributed by atoms with E-state index in [-0.39, 0.29) is 28.3 Å². The number of carboxylic acid groups (broad SMARTS) is 1. The number of aromatic nitrogens is 2. The van der Waals surface area contributed by atoms with E-state index in [1.807, 2.05) is 23.6 Å². The van der Waals surface area contributed by atoms with Crippen molar-refractivity contribution in [3.05, 3.63) is 58.5 Å². The van der Waals surface area contributed by atoms with Crippen LogP contribution in [0.4, 0.5) is 16.3 Å². The predicted molar refractivity (Wildman–Crippen MR) is 168 cm³/mol. The van der Waals surface area contributed by atoms with Gasteiger partial charge in [-0.1, -0.05) is 33.6 Å². The third kappa shape index (κ3) is 5.21. The van der Waals surface area contributed by atoms with Gasteiger partial charge in [0.15, 0.2) is 9.84 Å². The molecule has 1 aliphatic heterocycles. The molecule has 1 saturated heterocycles. The number of amides is 1. The Balaban J connectivity index is 1.25. The average Bonchev–Trinajstić information content (AvgIpc) is 3.46. The van der Waals surface area contributed by atoms with Crippen LogP contribution in [-0.4, -0.2) is 52.4 Å². The van der Waals surface area contributed by atoms with Gasteiger partial charge < -0.3 is 19.9 Å². The number of sulfone groups is 1. The number of hydrogen-bond donors (Lipinski definition) is 2. The second kappa shape index (κ2) is 10.6. The summed E-state index contributed by atoms with van der Waals surface area (Å²) in [6.45, 7) is 9.10. The molecule has 2 aliphatic carbocycles. The van der Waals surface area contributed by atoms with Crippen molar-refractivity contribution in [3.8, 4) is 0 Å². The van der Waals surface area contributed by atoms with Crippen molar-refractivity contribution in [2.24, 2.45) is 16.7 Å². The Kier molecular flexibility index (Phi) is 7.34. The maximum absolute atomic E-state index is 14.1. The standard InChI is InChI=1S/C33H42N4O5S/c1-21-17-24(43(41,42)27-19-33(30(27)32(2,3)4)13-15-36(16-14-33)31(39)40)10-11-25(21)35-28-18-26-22(20-34-28)9-12-29(38)37(26)23-7-5-6-8-23/h9-12,17-18,20,23,27,30H,5-8,13-16,19H2,1-4H3,(H,34,35)(H,39,40). The Hall–Kier alpha value is -3.40. The van der Waals surface area contributed by atoms with Gasteiger partial charge in [0.25, 0.3) is 5.56 Å². The first-order valence-electron chi connectivity index (χ1n) is 15.4. The number of carbonyl (C=O) groups is 1. The number of nitrogens with one attached hydrogen (secondary N) is 1. The van der Waals surface area contributed by atoms with Crippen molar-refractivity contribution >= 4 is 38.3 Å². The highest BCUT2D eigenvalue weighted by molar-refractivity contribution is 7.92. The lowest BCUT2D eigenvalue weighted by atomic mass is 9.48. The molecule has 3 heterocycles. The number of nitrogens with zero attached hydrogens (tertiary/aromatic N) is 3. The zero-order valence-corrected chi connectivity index (χ0v) is 26.3. The lowest BCUT2D eigenvalue weighted by Crippen LogP contribution is -2.63. The van der Waals surface area contributed by atoms with Crippen molar-refractivity contribution in [2.45, 2.75) is 88.8 Å². The normalized spacial score (nSPS) is 22.6. The van der Waals surface area contributed by atoms with E-state index < -0.39 is 21.2 Å². The Morgan fingerprint density at radius 2 is 1.77 bits per heavy atom. The summed E-state index contributed by atoms with van der Waals surface area (Å²) in [6, 6.07) is 10.8. The molecule has 3 aliphatic rings. The molecule has 0 bridgehead atoms. The van der Waals surface area contributed by atoms with E-state index in [1.54, 1.807) is 30.5 Å². The molecular weight excluding hydrogens is 564 g/mol. The topological polar surface area (TPSA) is 122 Å². The molecule has 3 aromatic rings. The number of fused-ring (bicyclic) bond motifs is 1. The second-order valence-corrected chi connectivity index (χ2v) is 16.1. The monoisotopic (exact) mass is 606 g/mol. The number of piperidine rings is 1. The Morgan fingerprint density at radius 3 is 2.40 bits per heavy atom. The summed E-state index contributed by atoms with van der Waals surface area (Å²) >= 11 is 0. The van der Waals surface area contributed by atoms with Gasteiger partial charge >= 0.3 is 6.09 Å². The molecule has 2 saturated carbocycles. The largest absolute Gasteiger partial charge is 0.465 e. The molecule has 9 nitrogen and oxygen atoms in total. The van der Waals surface area contributed by atoms with Gasteiger partial charge in [-0.05, 0) is 85.6 Å². The number of hydrogen-bond acceptors (Lipinski definition) is 6. The van der Waals surface area contributed by atoms with Crippen LogP contribution in [0.5, 0.6) is 0 Å². The molecular formula is C33H42N4O5S. The first-order valence-corrected chi connectivity index (χ1v) is 17.0. The maximum Gasteiger partial charge on any atom is 0.407 e. The van der Waals surface area contributed by atoms with Gasteiger partial charge in [-0.2, -0.15) is 0 Å². The van der Waals surface area contributed by atoms with Crippen molar-refractivity contribution < 1.29 is 18.3 Å². The number of likely N-dealkylation sites (tertiary alicyclic amines) is 1. The van der Waals surface area contributed by atoms with Gasteiger partial charge in [0, 0.05) is 48.5 Å². The van der Waals surface area contributed by atoms with Crippen LogP contribution < -0.4 is 10.9 Å². The van der Waals surface area contributed by atoms with E-state index in [4.69, 9.17) is 0 Å².